The molecule has 1 aliphatic heterocycles. The van der Waals surface area contributed by atoms with Gasteiger partial charge >= 0.3 is 0 Å². The Hall–Kier alpha value is -0.390. The number of halogens is 1. The average molecular weight is 358 g/mol. The van der Waals surface area contributed by atoms with Crippen LogP contribution in [-0.2, 0) is 18.2 Å². The van der Waals surface area contributed by atoms with E-state index in [4.69, 9.17) is 4.74 Å². The molecule has 120 valence electrons. The molecule has 1 fully saturated rings. The maximum atomic E-state index is 5.90. The molecule has 21 heavy (non-hydrogen) atoms. The van der Waals surface area contributed by atoms with Crippen molar-refractivity contribution < 1.29 is 4.74 Å². The van der Waals surface area contributed by atoms with E-state index in [1.165, 1.54) is 5.69 Å². The molecule has 2 heterocycles. The largest absolute Gasteiger partial charge is 0.378 e. The van der Waals surface area contributed by atoms with Crippen LogP contribution in [0, 0.1) is 12.8 Å². The fraction of sp³-hybridized carbons (Fsp3) is 0.812. The van der Waals surface area contributed by atoms with Gasteiger partial charge in [-0.1, -0.05) is 13.8 Å². The third kappa shape index (κ3) is 3.88. The van der Waals surface area contributed by atoms with Crippen molar-refractivity contribution in [1.29, 1.82) is 0 Å². The van der Waals surface area contributed by atoms with Crippen molar-refractivity contribution in [2.45, 2.75) is 58.6 Å². The van der Waals surface area contributed by atoms with E-state index in [1.54, 1.807) is 0 Å². The molecule has 3 atom stereocenters. The second kappa shape index (κ2) is 7.75. The molecule has 2 rings (SSSR count). The number of nitrogens with zero attached hydrogens (tertiary/aromatic N) is 2. The minimum Gasteiger partial charge on any atom is -0.378 e. The molecule has 1 aromatic rings. The van der Waals surface area contributed by atoms with E-state index in [0.717, 1.165) is 49.0 Å². The Morgan fingerprint density at radius 1 is 1.48 bits per heavy atom. The highest BCUT2D eigenvalue weighted by molar-refractivity contribution is 9.10. The summed E-state index contributed by atoms with van der Waals surface area (Å²) < 4.78 is 9.07. The number of hydrogen-bond donors (Lipinski definition) is 1. The minimum atomic E-state index is 0.396. The van der Waals surface area contributed by atoms with Gasteiger partial charge in [-0.2, -0.15) is 5.10 Å². The van der Waals surface area contributed by atoms with Crippen molar-refractivity contribution in [2.24, 2.45) is 13.0 Å². The zero-order chi connectivity index (χ0) is 15.4. The maximum Gasteiger partial charge on any atom is 0.0738 e. The zero-order valence-corrected chi connectivity index (χ0v) is 15.2. The van der Waals surface area contributed by atoms with Gasteiger partial charge < -0.3 is 10.1 Å². The van der Waals surface area contributed by atoms with Crippen LogP contribution in [0.15, 0.2) is 4.47 Å². The summed E-state index contributed by atoms with van der Waals surface area (Å²) in [5.74, 6) is 0.601. The Bertz CT molecular complexity index is 461. The van der Waals surface area contributed by atoms with Crippen LogP contribution in [0.4, 0.5) is 0 Å². The monoisotopic (exact) mass is 357 g/mol. The number of aryl methyl sites for hydroxylation is 2. The molecule has 5 heteroatoms. The van der Waals surface area contributed by atoms with Crippen molar-refractivity contribution in [3.63, 3.8) is 0 Å². The highest BCUT2D eigenvalue weighted by atomic mass is 79.9. The van der Waals surface area contributed by atoms with Gasteiger partial charge in [0.25, 0.3) is 0 Å². The van der Waals surface area contributed by atoms with Crippen molar-refractivity contribution in [3.05, 3.63) is 15.9 Å². The van der Waals surface area contributed by atoms with E-state index in [-0.39, 0.29) is 0 Å². The average Bonchev–Trinajstić information content (AvgIpc) is 3.02. The van der Waals surface area contributed by atoms with Gasteiger partial charge in [0, 0.05) is 32.0 Å². The molecule has 1 saturated heterocycles. The second-order valence-corrected chi connectivity index (χ2v) is 6.80. The lowest BCUT2D eigenvalue weighted by Gasteiger charge is -2.28. The van der Waals surface area contributed by atoms with Crippen molar-refractivity contribution in [1.82, 2.24) is 15.1 Å². The molecule has 0 aliphatic carbocycles. The first-order chi connectivity index (χ1) is 10.1. The Kier molecular flexibility index (Phi) is 6.26. The number of nitrogens with one attached hydrogen (secondary N) is 1. The molecule has 1 N–H and O–H groups in total. The number of aromatic nitrogens is 2. The summed E-state index contributed by atoms with van der Waals surface area (Å²) in [4.78, 5) is 0. The summed E-state index contributed by atoms with van der Waals surface area (Å²) >= 11 is 3.70. The van der Waals surface area contributed by atoms with E-state index in [1.807, 2.05) is 11.7 Å². The summed E-state index contributed by atoms with van der Waals surface area (Å²) in [5, 5.41) is 8.27. The zero-order valence-electron chi connectivity index (χ0n) is 13.7. The molecule has 0 amide bonds. The number of ether oxygens (including phenoxy) is 1. The van der Waals surface area contributed by atoms with Gasteiger partial charge in [-0.25, -0.2) is 0 Å². The first-order valence-corrected chi connectivity index (χ1v) is 8.90. The molecule has 1 aliphatic rings. The van der Waals surface area contributed by atoms with Crippen molar-refractivity contribution in [3.8, 4) is 0 Å². The molecular weight excluding hydrogens is 330 g/mol. The molecule has 3 unspecified atom stereocenters. The molecule has 0 saturated carbocycles. The summed E-state index contributed by atoms with van der Waals surface area (Å²) in [6.45, 7) is 8.46. The first-order valence-electron chi connectivity index (χ1n) is 8.11. The lowest BCUT2D eigenvalue weighted by Crippen LogP contribution is -2.42. The van der Waals surface area contributed by atoms with Gasteiger partial charge in [0.1, 0.15) is 0 Å². The van der Waals surface area contributed by atoms with E-state index < -0.39 is 0 Å². The molecule has 0 radical (unpaired) electrons. The number of hydrogen-bond acceptors (Lipinski definition) is 3. The SMILES string of the molecule is CCCNC(Cc1c(Br)c(C)nn1C)C1CCOC1CC. The smallest absolute Gasteiger partial charge is 0.0738 e. The lowest BCUT2D eigenvalue weighted by atomic mass is 9.88. The third-order valence-electron chi connectivity index (χ3n) is 4.51. The van der Waals surface area contributed by atoms with Crippen LogP contribution in [-0.4, -0.2) is 35.1 Å². The van der Waals surface area contributed by atoms with Gasteiger partial charge in [-0.3, -0.25) is 4.68 Å². The van der Waals surface area contributed by atoms with E-state index in [0.29, 0.717) is 18.1 Å². The maximum absolute atomic E-state index is 5.90. The molecule has 0 aromatic carbocycles. The molecule has 1 aromatic heterocycles. The highest BCUT2D eigenvalue weighted by Crippen LogP contribution is 2.30. The topological polar surface area (TPSA) is 39.1 Å². The van der Waals surface area contributed by atoms with Gasteiger partial charge in [0.15, 0.2) is 0 Å². The van der Waals surface area contributed by atoms with E-state index in [9.17, 15) is 0 Å². The van der Waals surface area contributed by atoms with Gasteiger partial charge in [-0.05, 0) is 48.7 Å². The van der Waals surface area contributed by atoms with Gasteiger partial charge in [0.05, 0.1) is 22.0 Å². The normalized spacial score (nSPS) is 23.7. The van der Waals surface area contributed by atoms with Crippen LogP contribution in [0.5, 0.6) is 0 Å². The molecular formula is C16H28BrN3O. The highest BCUT2D eigenvalue weighted by Gasteiger charge is 2.34. The second-order valence-electron chi connectivity index (χ2n) is 6.00. The summed E-state index contributed by atoms with van der Waals surface area (Å²) in [7, 11) is 2.03. The summed E-state index contributed by atoms with van der Waals surface area (Å²) in [6.07, 6.45) is 4.82. The predicted molar refractivity (Wildman–Crippen MR) is 89.6 cm³/mol. The standard InChI is InChI=1S/C16H28BrN3O/c1-5-8-18-13(12-7-9-21-15(12)6-2)10-14-16(17)11(3)19-20(14)4/h12-13,15,18H,5-10H2,1-4H3. The molecule has 4 nitrogen and oxygen atoms in total. The molecule has 0 spiro atoms. The van der Waals surface area contributed by atoms with Crippen LogP contribution in [0.25, 0.3) is 0 Å². The summed E-state index contributed by atoms with van der Waals surface area (Å²) in [5.41, 5.74) is 2.35. The van der Waals surface area contributed by atoms with E-state index >= 15 is 0 Å². The van der Waals surface area contributed by atoms with Crippen LogP contribution < -0.4 is 5.32 Å². The Morgan fingerprint density at radius 2 is 2.24 bits per heavy atom. The predicted octanol–water partition coefficient (Wildman–Crippen LogP) is 3.22. The van der Waals surface area contributed by atoms with Gasteiger partial charge in [0.2, 0.25) is 0 Å². The van der Waals surface area contributed by atoms with Crippen LogP contribution in [0.3, 0.4) is 0 Å². The van der Waals surface area contributed by atoms with Crippen LogP contribution in [0.1, 0.15) is 44.5 Å². The minimum absolute atomic E-state index is 0.396. The Labute approximate surface area is 136 Å². The quantitative estimate of drug-likeness (QED) is 0.814. The van der Waals surface area contributed by atoms with Gasteiger partial charge in [-0.15, -0.1) is 0 Å². The van der Waals surface area contributed by atoms with Crippen LogP contribution >= 0.6 is 15.9 Å². The fourth-order valence-corrected chi connectivity index (χ4v) is 3.86. The Balaban J connectivity index is 2.16. The lowest BCUT2D eigenvalue weighted by molar-refractivity contribution is 0.0772. The summed E-state index contributed by atoms with van der Waals surface area (Å²) in [6, 6.07) is 0.462. The molecule has 0 bridgehead atoms. The fourth-order valence-electron chi connectivity index (χ4n) is 3.36. The van der Waals surface area contributed by atoms with Crippen molar-refractivity contribution >= 4 is 15.9 Å². The number of rotatable bonds is 7. The Morgan fingerprint density at radius 3 is 2.81 bits per heavy atom. The first kappa shape index (κ1) is 17.0. The third-order valence-corrected chi connectivity index (χ3v) is 5.54. The van der Waals surface area contributed by atoms with Crippen LogP contribution in [0.2, 0.25) is 0 Å². The van der Waals surface area contributed by atoms with Crippen molar-refractivity contribution in [2.75, 3.05) is 13.2 Å². The van der Waals surface area contributed by atoms with E-state index in [2.05, 4.69) is 47.1 Å².